The van der Waals surface area contributed by atoms with Crippen LogP contribution in [0.15, 0.2) is 66.7 Å². The van der Waals surface area contributed by atoms with Crippen molar-refractivity contribution >= 4 is 45.1 Å². The third-order valence-corrected chi connectivity index (χ3v) is 11.5. The summed E-state index contributed by atoms with van der Waals surface area (Å²) in [4.78, 5) is 27.6. The van der Waals surface area contributed by atoms with Crippen LogP contribution in [0.2, 0.25) is 10.0 Å². The van der Waals surface area contributed by atoms with E-state index in [0.717, 1.165) is 18.2 Å². The number of nitrogens with zero attached hydrogens (tertiary/aromatic N) is 1. The Kier molecular flexibility index (Phi) is 8.68. The lowest BCUT2D eigenvalue weighted by Gasteiger charge is -2.48. The van der Waals surface area contributed by atoms with E-state index in [1.165, 1.54) is 0 Å². The first-order chi connectivity index (χ1) is 21.4. The molecule has 2 N–H and O–H groups in total. The van der Waals surface area contributed by atoms with Gasteiger partial charge in [-0.1, -0.05) is 47.5 Å². The average molecular weight is 680 g/mol. The monoisotopic (exact) mass is 678 g/mol. The van der Waals surface area contributed by atoms with Crippen molar-refractivity contribution in [1.29, 1.82) is 0 Å². The Morgan fingerprint density at radius 1 is 1.02 bits per heavy atom. The normalized spacial score (nSPS) is 23.5. The van der Waals surface area contributed by atoms with E-state index in [2.05, 4.69) is 4.72 Å². The molecule has 0 bridgehead atoms. The highest BCUT2D eigenvalue weighted by molar-refractivity contribution is 7.90. The summed E-state index contributed by atoms with van der Waals surface area (Å²) in [5.74, 6) is -3.49. The molecule has 3 aromatic carbocycles. The van der Waals surface area contributed by atoms with Crippen LogP contribution < -0.4 is 4.72 Å². The van der Waals surface area contributed by atoms with Gasteiger partial charge in [0.05, 0.1) is 12.5 Å². The molecule has 0 unspecified atom stereocenters. The number of aliphatic carboxylic acids is 1. The highest BCUT2D eigenvalue weighted by Crippen LogP contribution is 2.54. The fourth-order valence-corrected chi connectivity index (χ4v) is 8.39. The number of nitrogens with one attached hydrogen (secondary N) is 1. The van der Waals surface area contributed by atoms with Crippen LogP contribution >= 0.6 is 23.2 Å². The van der Waals surface area contributed by atoms with Gasteiger partial charge >= 0.3 is 5.97 Å². The van der Waals surface area contributed by atoms with Gasteiger partial charge in [0.25, 0.3) is 5.91 Å². The number of sulfonamides is 1. The van der Waals surface area contributed by atoms with Crippen LogP contribution in [0.4, 0.5) is 8.78 Å². The lowest BCUT2D eigenvalue weighted by atomic mass is 9.89. The van der Waals surface area contributed by atoms with Crippen LogP contribution in [0.25, 0.3) is 0 Å². The molecule has 3 aromatic rings. The van der Waals surface area contributed by atoms with Crippen molar-refractivity contribution in [2.75, 3.05) is 6.54 Å². The van der Waals surface area contributed by atoms with Crippen LogP contribution in [0.5, 0.6) is 0 Å². The maximum atomic E-state index is 14.8. The fourth-order valence-electron chi connectivity index (χ4n) is 6.31. The molecule has 8 nitrogen and oxygen atoms in total. The highest BCUT2D eigenvalue weighted by atomic mass is 35.5. The van der Waals surface area contributed by atoms with Crippen molar-refractivity contribution in [1.82, 2.24) is 9.62 Å². The molecule has 1 heterocycles. The molecule has 2 saturated carbocycles. The molecule has 0 radical (unpaired) electrons. The number of morpholine rings is 1. The number of carbonyl (C=O) groups excluding carboxylic acids is 1. The van der Waals surface area contributed by atoms with E-state index in [-0.39, 0.29) is 30.9 Å². The zero-order chi connectivity index (χ0) is 32.1. The first-order valence-electron chi connectivity index (χ1n) is 14.6. The standard InChI is InChI=1S/C32H30Cl2F2N2O6S/c33-21-8-6-19(7-9-21)29-30(20-2-1-3-22(34)14-20)44-27(16-28(39)40)31(41)38(29)26(18-4-5-18)17-37-45(42,43)32(12-13-32)24-15-23(35)10-11-25(24)36/h1-3,6-11,14-15,18,26-27,29-30,37H,4-5,12-13,16-17H2,(H,39,40)/t26-,27-,29-,30-/m1/s1. The van der Waals surface area contributed by atoms with Gasteiger partial charge in [-0.2, -0.15) is 0 Å². The van der Waals surface area contributed by atoms with Crippen molar-refractivity contribution in [2.24, 2.45) is 5.92 Å². The molecule has 238 valence electrons. The first-order valence-corrected chi connectivity index (χ1v) is 16.8. The zero-order valence-electron chi connectivity index (χ0n) is 23.8. The molecule has 2 aliphatic carbocycles. The van der Waals surface area contributed by atoms with E-state index in [9.17, 15) is 31.9 Å². The molecule has 6 rings (SSSR count). The fraction of sp³-hybridized carbons (Fsp3) is 0.375. The van der Waals surface area contributed by atoms with E-state index in [1.807, 2.05) is 0 Å². The molecule has 45 heavy (non-hydrogen) atoms. The molecule has 4 atom stereocenters. The number of carboxylic acid groups (broad SMARTS) is 1. The number of amides is 1. The van der Waals surface area contributed by atoms with Gasteiger partial charge < -0.3 is 14.7 Å². The van der Waals surface area contributed by atoms with Crippen molar-refractivity contribution in [3.05, 3.63) is 105 Å². The van der Waals surface area contributed by atoms with E-state index in [0.29, 0.717) is 34.0 Å². The number of halogens is 4. The molecule has 1 saturated heterocycles. The molecule has 0 aromatic heterocycles. The Morgan fingerprint density at radius 3 is 2.36 bits per heavy atom. The van der Waals surface area contributed by atoms with Crippen molar-refractivity contribution in [3.63, 3.8) is 0 Å². The second-order valence-corrected chi connectivity index (χ2v) is 14.8. The van der Waals surface area contributed by atoms with Crippen LogP contribution in [0, 0.1) is 17.6 Å². The Hall–Kier alpha value is -3.09. The quantitative estimate of drug-likeness (QED) is 0.252. The molecule has 3 aliphatic rings. The molecule has 13 heteroatoms. The number of rotatable bonds is 11. The Labute approximate surface area is 269 Å². The third kappa shape index (κ3) is 6.33. The Balaban J connectivity index is 1.40. The number of carboxylic acids is 1. The summed E-state index contributed by atoms with van der Waals surface area (Å²) in [5, 5.41) is 10.5. The van der Waals surface area contributed by atoms with Crippen LogP contribution in [0.1, 0.15) is 60.9 Å². The summed E-state index contributed by atoms with van der Waals surface area (Å²) in [5.41, 5.74) is 1.01. The highest BCUT2D eigenvalue weighted by Gasteiger charge is 2.58. The van der Waals surface area contributed by atoms with Gasteiger partial charge in [0.2, 0.25) is 10.0 Å². The van der Waals surface area contributed by atoms with Crippen molar-refractivity contribution < 1.29 is 36.6 Å². The summed E-state index contributed by atoms with van der Waals surface area (Å²) in [6, 6.07) is 14.9. The minimum absolute atomic E-state index is 0.101. The topological polar surface area (TPSA) is 113 Å². The molecular weight excluding hydrogens is 649 g/mol. The van der Waals surface area contributed by atoms with Crippen LogP contribution in [0.3, 0.4) is 0 Å². The lowest BCUT2D eigenvalue weighted by molar-refractivity contribution is -0.184. The van der Waals surface area contributed by atoms with Gasteiger partial charge in [-0.25, -0.2) is 21.9 Å². The maximum Gasteiger partial charge on any atom is 0.306 e. The summed E-state index contributed by atoms with van der Waals surface area (Å²) in [6.07, 6.45) is -1.19. The number of benzene rings is 3. The van der Waals surface area contributed by atoms with Crippen molar-refractivity contribution in [3.8, 4) is 0 Å². The average Bonchev–Trinajstić information content (AvgIpc) is 3.91. The molecule has 1 amide bonds. The smallest absolute Gasteiger partial charge is 0.306 e. The van der Waals surface area contributed by atoms with E-state index in [1.54, 1.807) is 53.4 Å². The largest absolute Gasteiger partial charge is 0.481 e. The molecule has 0 spiro atoms. The Morgan fingerprint density at radius 2 is 1.73 bits per heavy atom. The number of carbonyl (C=O) groups is 2. The van der Waals surface area contributed by atoms with Crippen LogP contribution in [-0.4, -0.2) is 49.0 Å². The van der Waals surface area contributed by atoms with Gasteiger partial charge in [0, 0.05) is 28.2 Å². The second kappa shape index (κ2) is 12.3. The minimum atomic E-state index is -4.24. The van der Waals surface area contributed by atoms with Gasteiger partial charge in [-0.3, -0.25) is 9.59 Å². The summed E-state index contributed by atoms with van der Waals surface area (Å²) in [7, 11) is -4.24. The Bertz CT molecular complexity index is 1730. The minimum Gasteiger partial charge on any atom is -0.481 e. The predicted octanol–water partition coefficient (Wildman–Crippen LogP) is 6.14. The first kappa shape index (κ1) is 31.9. The summed E-state index contributed by atoms with van der Waals surface area (Å²) < 4.78 is 63.6. The zero-order valence-corrected chi connectivity index (χ0v) is 26.2. The van der Waals surface area contributed by atoms with E-state index < -0.39 is 69.0 Å². The number of hydrogen-bond donors (Lipinski definition) is 2. The van der Waals surface area contributed by atoms with Crippen LogP contribution in [-0.2, 0) is 29.1 Å². The lowest BCUT2D eigenvalue weighted by Crippen LogP contribution is -2.58. The van der Waals surface area contributed by atoms with Gasteiger partial charge in [-0.05, 0) is 85.2 Å². The molecule has 3 fully saturated rings. The van der Waals surface area contributed by atoms with E-state index >= 15 is 0 Å². The van der Waals surface area contributed by atoms with Crippen molar-refractivity contribution in [2.45, 2.75) is 61.1 Å². The third-order valence-electron chi connectivity index (χ3n) is 8.82. The van der Waals surface area contributed by atoms with Gasteiger partial charge in [-0.15, -0.1) is 0 Å². The molecular formula is C32H30Cl2F2N2O6S. The SMILES string of the molecule is O=C(O)C[C@H]1O[C@H](c2cccc(Cl)c2)[C@@H](c2ccc(Cl)cc2)N([C@H](CNS(=O)(=O)C2(c3cc(F)ccc3F)CC2)C2CC2)C1=O. The summed E-state index contributed by atoms with van der Waals surface area (Å²) >= 11 is 12.5. The van der Waals surface area contributed by atoms with Gasteiger partial charge in [0.1, 0.15) is 28.6 Å². The second-order valence-electron chi connectivity index (χ2n) is 11.8. The van der Waals surface area contributed by atoms with Gasteiger partial charge in [0.15, 0.2) is 0 Å². The molecule has 1 aliphatic heterocycles. The van der Waals surface area contributed by atoms with E-state index in [4.69, 9.17) is 27.9 Å². The maximum absolute atomic E-state index is 14.8. The number of ether oxygens (including phenoxy) is 1. The summed E-state index contributed by atoms with van der Waals surface area (Å²) in [6.45, 7) is -0.219. The predicted molar refractivity (Wildman–Crippen MR) is 163 cm³/mol. The number of hydrogen-bond acceptors (Lipinski definition) is 5.